The Morgan fingerprint density at radius 2 is 2.18 bits per heavy atom. The quantitative estimate of drug-likeness (QED) is 0.787. The van der Waals surface area contributed by atoms with E-state index in [9.17, 15) is 0 Å². The molecule has 2 heteroatoms. The Morgan fingerprint density at radius 1 is 1.29 bits per heavy atom. The van der Waals surface area contributed by atoms with Gasteiger partial charge in [-0.05, 0) is 32.3 Å². The highest BCUT2D eigenvalue weighted by molar-refractivity contribution is 5.82. The zero-order valence-corrected chi connectivity index (χ0v) is 10.5. The highest BCUT2D eigenvalue weighted by Crippen LogP contribution is 2.17. The van der Waals surface area contributed by atoms with E-state index in [1.165, 1.54) is 48.8 Å². The van der Waals surface area contributed by atoms with Crippen LogP contribution < -0.4 is 4.90 Å². The van der Waals surface area contributed by atoms with Gasteiger partial charge >= 0.3 is 0 Å². The molecule has 1 aliphatic heterocycles. The number of nitrogens with one attached hydrogen (secondary N) is 2. The number of para-hydroxylation sites is 1. The van der Waals surface area contributed by atoms with Crippen LogP contribution in [0.4, 0.5) is 0 Å². The molecule has 3 rings (SSSR count). The molecule has 0 aliphatic carbocycles. The number of hydrogen-bond donors (Lipinski definition) is 2. The topological polar surface area (TPSA) is 20.2 Å². The van der Waals surface area contributed by atoms with Gasteiger partial charge in [0.15, 0.2) is 0 Å². The van der Waals surface area contributed by atoms with Gasteiger partial charge in [-0.1, -0.05) is 18.2 Å². The van der Waals surface area contributed by atoms with E-state index in [1.54, 1.807) is 4.90 Å². The molecule has 0 spiro atoms. The molecule has 1 aromatic heterocycles. The molecule has 17 heavy (non-hydrogen) atoms. The summed E-state index contributed by atoms with van der Waals surface area (Å²) in [6, 6.07) is 9.44. The second-order valence-electron chi connectivity index (χ2n) is 5.34. The van der Waals surface area contributed by atoms with Gasteiger partial charge in [0, 0.05) is 22.7 Å². The zero-order chi connectivity index (χ0) is 11.7. The van der Waals surface area contributed by atoms with Gasteiger partial charge in [0.2, 0.25) is 0 Å². The van der Waals surface area contributed by atoms with Gasteiger partial charge in [0.25, 0.3) is 0 Å². The lowest BCUT2D eigenvalue weighted by molar-refractivity contribution is -0.941. The first-order valence-electron chi connectivity index (χ1n) is 6.74. The highest BCUT2D eigenvalue weighted by Gasteiger charge is 2.22. The van der Waals surface area contributed by atoms with E-state index < -0.39 is 0 Å². The smallest absolute Gasteiger partial charge is 0.105 e. The van der Waals surface area contributed by atoms with Crippen molar-refractivity contribution in [3.63, 3.8) is 0 Å². The Balaban J connectivity index is 1.84. The Bertz CT molecular complexity index is 500. The van der Waals surface area contributed by atoms with Crippen LogP contribution in [0, 0.1) is 0 Å². The maximum atomic E-state index is 3.38. The molecule has 1 aromatic carbocycles. The molecule has 0 radical (unpaired) electrons. The fraction of sp³-hybridized carbons (Fsp3) is 0.467. The van der Waals surface area contributed by atoms with Crippen LogP contribution in [-0.2, 0) is 6.54 Å². The predicted octanol–water partition coefficient (Wildman–Crippen LogP) is 2.13. The van der Waals surface area contributed by atoms with Gasteiger partial charge < -0.3 is 9.88 Å². The average Bonchev–Trinajstić information content (AvgIpc) is 2.76. The molecule has 90 valence electrons. The molecule has 2 nitrogen and oxygen atoms in total. The Hall–Kier alpha value is -1.28. The lowest BCUT2D eigenvalue weighted by atomic mass is 10.0. The lowest BCUT2D eigenvalue weighted by Crippen LogP contribution is -3.14. The van der Waals surface area contributed by atoms with Crippen molar-refractivity contribution in [3.8, 4) is 0 Å². The van der Waals surface area contributed by atoms with Crippen molar-refractivity contribution < 1.29 is 4.90 Å². The number of H-pyrrole nitrogens is 1. The summed E-state index contributed by atoms with van der Waals surface area (Å²) in [6.07, 6.45) is 6.39. The molecule has 2 heterocycles. The second kappa shape index (κ2) is 4.53. The van der Waals surface area contributed by atoms with E-state index in [0.29, 0.717) is 0 Å². The number of rotatable bonds is 2. The molecule has 0 amide bonds. The predicted molar refractivity (Wildman–Crippen MR) is 71.1 cm³/mol. The third-order valence-electron chi connectivity index (χ3n) is 4.17. The first-order valence-corrected chi connectivity index (χ1v) is 6.74. The summed E-state index contributed by atoms with van der Waals surface area (Å²) in [4.78, 5) is 5.13. The maximum absolute atomic E-state index is 3.38. The number of piperidine rings is 1. The largest absolute Gasteiger partial charge is 0.361 e. The summed E-state index contributed by atoms with van der Waals surface area (Å²) in [7, 11) is 0. The van der Waals surface area contributed by atoms with Crippen LogP contribution in [0.5, 0.6) is 0 Å². The fourth-order valence-electron chi connectivity index (χ4n) is 3.04. The fourth-order valence-corrected chi connectivity index (χ4v) is 3.04. The Labute approximate surface area is 103 Å². The number of benzene rings is 1. The van der Waals surface area contributed by atoms with Crippen LogP contribution in [0.3, 0.4) is 0 Å². The zero-order valence-electron chi connectivity index (χ0n) is 10.5. The van der Waals surface area contributed by atoms with Gasteiger partial charge in [0.1, 0.15) is 6.54 Å². The SMILES string of the molecule is C[C@@H]1CCCC[NH+]1Cc1c[nH]c2ccccc12. The molecular formula is C15H21N2+. The van der Waals surface area contributed by atoms with Gasteiger partial charge in [0.05, 0.1) is 12.6 Å². The van der Waals surface area contributed by atoms with E-state index in [-0.39, 0.29) is 0 Å². The average molecular weight is 229 g/mol. The normalized spacial score (nSPS) is 25.2. The Kier molecular flexibility index (Phi) is 2.89. The molecule has 2 aromatic rings. The third kappa shape index (κ3) is 2.09. The number of likely N-dealkylation sites (tertiary alicyclic amines) is 1. The van der Waals surface area contributed by atoms with Crippen LogP contribution in [0.25, 0.3) is 10.9 Å². The second-order valence-corrected chi connectivity index (χ2v) is 5.34. The summed E-state index contributed by atoms with van der Waals surface area (Å²) in [6.45, 7) is 4.90. The van der Waals surface area contributed by atoms with Crippen molar-refractivity contribution >= 4 is 10.9 Å². The van der Waals surface area contributed by atoms with Crippen LogP contribution >= 0.6 is 0 Å². The van der Waals surface area contributed by atoms with Crippen molar-refractivity contribution in [2.45, 2.75) is 38.8 Å². The van der Waals surface area contributed by atoms with E-state index >= 15 is 0 Å². The molecule has 1 unspecified atom stereocenters. The van der Waals surface area contributed by atoms with Gasteiger partial charge in [-0.2, -0.15) is 0 Å². The van der Waals surface area contributed by atoms with Crippen molar-refractivity contribution in [2.75, 3.05) is 6.54 Å². The summed E-state index contributed by atoms with van der Waals surface area (Å²) in [5.74, 6) is 0. The van der Waals surface area contributed by atoms with Crippen molar-refractivity contribution in [2.24, 2.45) is 0 Å². The van der Waals surface area contributed by atoms with Crippen molar-refractivity contribution in [1.29, 1.82) is 0 Å². The standard InChI is InChI=1S/C15H20N2/c1-12-6-4-5-9-17(12)11-13-10-16-15-8-3-2-7-14(13)15/h2-3,7-8,10,12,16H,4-6,9,11H2,1H3/p+1/t12-/m1/s1. The number of aromatic amines is 1. The molecule has 0 saturated carbocycles. The minimum Gasteiger partial charge on any atom is -0.361 e. The van der Waals surface area contributed by atoms with Crippen LogP contribution in [0.15, 0.2) is 30.5 Å². The van der Waals surface area contributed by atoms with Crippen molar-refractivity contribution in [1.82, 2.24) is 4.98 Å². The molecule has 0 bridgehead atoms. The number of aromatic nitrogens is 1. The van der Waals surface area contributed by atoms with E-state index in [4.69, 9.17) is 0 Å². The minimum atomic E-state index is 0.817. The molecule has 2 N–H and O–H groups in total. The van der Waals surface area contributed by atoms with Gasteiger partial charge in [-0.25, -0.2) is 0 Å². The van der Waals surface area contributed by atoms with Crippen molar-refractivity contribution in [3.05, 3.63) is 36.0 Å². The highest BCUT2D eigenvalue weighted by atomic mass is 15.2. The summed E-state index contributed by atoms with van der Waals surface area (Å²) < 4.78 is 0. The third-order valence-corrected chi connectivity index (χ3v) is 4.17. The molecule has 1 aliphatic rings. The van der Waals surface area contributed by atoms with Crippen LogP contribution in [-0.4, -0.2) is 17.6 Å². The number of quaternary nitrogens is 1. The first-order chi connectivity index (χ1) is 8.34. The maximum Gasteiger partial charge on any atom is 0.105 e. The summed E-state index contributed by atoms with van der Waals surface area (Å²) in [5.41, 5.74) is 2.75. The summed E-state index contributed by atoms with van der Waals surface area (Å²) in [5, 5.41) is 1.40. The van der Waals surface area contributed by atoms with E-state index in [1.807, 2.05) is 0 Å². The van der Waals surface area contributed by atoms with E-state index in [2.05, 4.69) is 42.4 Å². The Morgan fingerprint density at radius 3 is 3.06 bits per heavy atom. The van der Waals surface area contributed by atoms with Gasteiger partial charge in [-0.15, -0.1) is 0 Å². The minimum absolute atomic E-state index is 0.817. The lowest BCUT2D eigenvalue weighted by Gasteiger charge is -2.30. The molecule has 2 atom stereocenters. The van der Waals surface area contributed by atoms with Crippen LogP contribution in [0.1, 0.15) is 31.7 Å². The molecule has 1 saturated heterocycles. The monoisotopic (exact) mass is 229 g/mol. The summed E-state index contributed by atoms with van der Waals surface area (Å²) >= 11 is 0. The van der Waals surface area contributed by atoms with Gasteiger partial charge in [-0.3, -0.25) is 0 Å². The first kappa shape index (κ1) is 10.8. The molecule has 1 fully saturated rings. The number of hydrogen-bond acceptors (Lipinski definition) is 0. The molecular weight excluding hydrogens is 208 g/mol. The van der Waals surface area contributed by atoms with E-state index in [0.717, 1.165) is 6.04 Å². The van der Waals surface area contributed by atoms with Crippen LogP contribution in [0.2, 0.25) is 0 Å². The number of fused-ring (bicyclic) bond motifs is 1.